The Morgan fingerprint density at radius 3 is 2.33 bits per heavy atom. The summed E-state index contributed by atoms with van der Waals surface area (Å²) in [6.45, 7) is 8.17. The van der Waals surface area contributed by atoms with Gasteiger partial charge in [-0.25, -0.2) is 4.79 Å². The van der Waals surface area contributed by atoms with E-state index in [9.17, 15) is 19.2 Å². The zero-order chi connectivity index (χ0) is 20.3. The zero-order valence-electron chi connectivity index (χ0n) is 16.1. The number of benzene rings is 1. The summed E-state index contributed by atoms with van der Waals surface area (Å²) < 4.78 is 7.77. The number of hydrogen-bond donors (Lipinski definition) is 0. The highest BCUT2D eigenvalue weighted by Gasteiger charge is 2.50. The molecule has 1 aromatic carbocycles. The maximum absolute atomic E-state index is 12.8. The minimum absolute atomic E-state index is 0.0422. The molecule has 27 heavy (non-hydrogen) atoms. The van der Waals surface area contributed by atoms with E-state index in [2.05, 4.69) is 0 Å². The molecule has 142 valence electrons. The lowest BCUT2D eigenvalue weighted by Crippen LogP contribution is -2.47. The standard InChI is InChI=1S/C20H21NO5S/c1-10-11(7-8-12-15(10)21(6)18(25)27-12)16(23)26-14-9-13(22)19(2,3)17(24)20(14,4)5/h7-9H,1-6H3. The second-order valence-corrected chi connectivity index (χ2v) is 8.85. The van der Waals surface area contributed by atoms with E-state index in [1.54, 1.807) is 53.8 Å². The Labute approximate surface area is 160 Å². The van der Waals surface area contributed by atoms with Crippen LogP contribution in [-0.2, 0) is 21.4 Å². The van der Waals surface area contributed by atoms with Crippen LogP contribution < -0.4 is 4.87 Å². The molecule has 0 saturated heterocycles. The van der Waals surface area contributed by atoms with Crippen molar-refractivity contribution in [3.05, 3.63) is 44.8 Å². The Bertz CT molecular complexity index is 1100. The molecular weight excluding hydrogens is 366 g/mol. The quantitative estimate of drug-likeness (QED) is 0.584. The fourth-order valence-electron chi connectivity index (χ4n) is 3.45. The molecular formula is C20H21NO5S. The minimum Gasteiger partial charge on any atom is -0.426 e. The molecule has 0 saturated carbocycles. The van der Waals surface area contributed by atoms with Crippen LogP contribution in [0.2, 0.25) is 0 Å². The van der Waals surface area contributed by atoms with E-state index >= 15 is 0 Å². The van der Waals surface area contributed by atoms with E-state index in [0.29, 0.717) is 11.1 Å². The van der Waals surface area contributed by atoms with E-state index in [1.807, 2.05) is 0 Å². The normalized spacial score (nSPS) is 18.5. The molecule has 0 amide bonds. The first kappa shape index (κ1) is 19.2. The molecule has 3 rings (SSSR count). The van der Waals surface area contributed by atoms with Crippen LogP contribution >= 0.6 is 11.3 Å². The fraction of sp³-hybridized carbons (Fsp3) is 0.400. The SMILES string of the molecule is Cc1c(C(=O)OC2=CC(=O)C(C)(C)C(=O)C2(C)C)ccc2sc(=O)n(C)c12. The van der Waals surface area contributed by atoms with Gasteiger partial charge in [-0.2, -0.15) is 0 Å². The molecule has 0 N–H and O–H groups in total. The van der Waals surface area contributed by atoms with Gasteiger partial charge in [-0.05, 0) is 52.3 Å². The van der Waals surface area contributed by atoms with Gasteiger partial charge < -0.3 is 9.30 Å². The highest BCUT2D eigenvalue weighted by molar-refractivity contribution is 7.16. The smallest absolute Gasteiger partial charge is 0.343 e. The molecule has 0 unspecified atom stereocenters. The first-order chi connectivity index (χ1) is 12.4. The number of carbonyl (C=O) groups is 3. The summed E-state index contributed by atoms with van der Waals surface area (Å²) in [6, 6.07) is 3.30. The lowest BCUT2D eigenvalue weighted by molar-refractivity contribution is -0.143. The lowest BCUT2D eigenvalue weighted by atomic mass is 9.66. The van der Waals surface area contributed by atoms with Gasteiger partial charge in [0.2, 0.25) is 0 Å². The number of aryl methyl sites for hydroxylation is 2. The molecule has 0 atom stereocenters. The van der Waals surface area contributed by atoms with Gasteiger partial charge in [0.1, 0.15) is 5.76 Å². The summed E-state index contributed by atoms with van der Waals surface area (Å²) in [5.41, 5.74) is -0.670. The number of esters is 1. The van der Waals surface area contributed by atoms with E-state index in [4.69, 9.17) is 4.74 Å². The monoisotopic (exact) mass is 387 g/mol. The summed E-state index contributed by atoms with van der Waals surface area (Å²) in [4.78, 5) is 49.6. The average Bonchev–Trinajstić information content (AvgIpc) is 2.87. The van der Waals surface area contributed by atoms with Crippen molar-refractivity contribution in [3.8, 4) is 0 Å². The fourth-order valence-corrected chi connectivity index (χ4v) is 4.39. The zero-order valence-corrected chi connectivity index (χ0v) is 16.9. The number of fused-ring (bicyclic) bond motifs is 1. The van der Waals surface area contributed by atoms with Gasteiger partial charge in [-0.15, -0.1) is 0 Å². The second-order valence-electron chi connectivity index (χ2n) is 7.85. The van der Waals surface area contributed by atoms with Crippen LogP contribution in [0.25, 0.3) is 10.2 Å². The van der Waals surface area contributed by atoms with Gasteiger partial charge in [0, 0.05) is 13.1 Å². The van der Waals surface area contributed by atoms with Crippen LogP contribution in [0, 0.1) is 17.8 Å². The number of Topliss-reactive ketones (excluding diaryl/α,β-unsaturated/α-hetero) is 1. The number of nitrogens with zero attached hydrogens (tertiary/aromatic N) is 1. The number of hydrogen-bond acceptors (Lipinski definition) is 6. The van der Waals surface area contributed by atoms with Crippen molar-refractivity contribution in [2.24, 2.45) is 17.9 Å². The van der Waals surface area contributed by atoms with Crippen LogP contribution in [0.4, 0.5) is 0 Å². The molecule has 1 aromatic heterocycles. The van der Waals surface area contributed by atoms with Crippen LogP contribution in [-0.4, -0.2) is 22.1 Å². The van der Waals surface area contributed by atoms with Gasteiger partial charge >= 0.3 is 10.8 Å². The maximum Gasteiger partial charge on any atom is 0.343 e. The highest BCUT2D eigenvalue weighted by atomic mass is 32.1. The summed E-state index contributed by atoms with van der Waals surface area (Å²) >= 11 is 1.10. The number of ketones is 2. The number of ether oxygens (including phenoxy) is 1. The molecule has 0 spiro atoms. The van der Waals surface area contributed by atoms with Crippen molar-refractivity contribution in [1.82, 2.24) is 4.57 Å². The van der Waals surface area contributed by atoms with E-state index in [1.165, 1.54) is 10.6 Å². The third-order valence-corrected chi connectivity index (χ3v) is 6.25. The number of carbonyl (C=O) groups excluding carboxylic acids is 3. The number of thiazole rings is 1. The minimum atomic E-state index is -1.15. The Kier molecular flexibility index (Phi) is 4.26. The van der Waals surface area contributed by atoms with E-state index in [0.717, 1.165) is 16.0 Å². The number of aromatic nitrogens is 1. The van der Waals surface area contributed by atoms with Crippen molar-refractivity contribution in [1.29, 1.82) is 0 Å². The molecule has 0 fully saturated rings. The Morgan fingerprint density at radius 2 is 1.70 bits per heavy atom. The predicted octanol–water partition coefficient (Wildman–Crippen LogP) is 3.15. The molecule has 0 radical (unpaired) electrons. The molecule has 0 bridgehead atoms. The van der Waals surface area contributed by atoms with Gasteiger partial charge in [0.25, 0.3) is 0 Å². The van der Waals surface area contributed by atoms with Crippen LogP contribution in [0.15, 0.2) is 28.8 Å². The van der Waals surface area contributed by atoms with Gasteiger partial charge in [0.05, 0.1) is 26.6 Å². The summed E-state index contributed by atoms with van der Waals surface area (Å²) in [5.74, 6) is -1.30. The van der Waals surface area contributed by atoms with Crippen LogP contribution in [0.1, 0.15) is 43.6 Å². The number of allylic oxidation sites excluding steroid dienone is 2. The Morgan fingerprint density at radius 1 is 1.07 bits per heavy atom. The van der Waals surface area contributed by atoms with Crippen molar-refractivity contribution in [2.75, 3.05) is 0 Å². The van der Waals surface area contributed by atoms with Crippen LogP contribution in [0.5, 0.6) is 0 Å². The van der Waals surface area contributed by atoms with Gasteiger partial charge in [0.15, 0.2) is 11.6 Å². The molecule has 1 aliphatic carbocycles. The van der Waals surface area contributed by atoms with E-state index in [-0.39, 0.29) is 27.8 Å². The second kappa shape index (κ2) is 5.99. The molecule has 2 aromatic rings. The first-order valence-corrected chi connectivity index (χ1v) is 9.33. The third kappa shape index (κ3) is 2.77. The topological polar surface area (TPSA) is 82.4 Å². The summed E-state index contributed by atoms with van der Waals surface area (Å²) in [5, 5.41) is 0. The third-order valence-electron chi connectivity index (χ3n) is 5.25. The molecule has 6 nitrogen and oxygen atoms in total. The number of rotatable bonds is 2. The molecule has 7 heteroatoms. The van der Waals surface area contributed by atoms with Crippen LogP contribution in [0.3, 0.4) is 0 Å². The van der Waals surface area contributed by atoms with Gasteiger partial charge in [-0.3, -0.25) is 14.4 Å². The van der Waals surface area contributed by atoms with Gasteiger partial charge in [-0.1, -0.05) is 11.3 Å². The predicted molar refractivity (Wildman–Crippen MR) is 103 cm³/mol. The molecule has 0 aliphatic heterocycles. The van der Waals surface area contributed by atoms with E-state index < -0.39 is 16.8 Å². The maximum atomic E-state index is 12.8. The van der Waals surface area contributed by atoms with Crippen molar-refractivity contribution in [3.63, 3.8) is 0 Å². The average molecular weight is 387 g/mol. The van der Waals surface area contributed by atoms with Crippen molar-refractivity contribution < 1.29 is 19.1 Å². The Hall–Kier alpha value is -2.54. The summed E-state index contributed by atoms with van der Waals surface area (Å²) in [6.07, 6.45) is 1.24. The van der Waals surface area contributed by atoms with Crippen molar-refractivity contribution in [2.45, 2.75) is 34.6 Å². The Balaban J connectivity index is 2.03. The largest absolute Gasteiger partial charge is 0.426 e. The molecule has 1 aliphatic rings. The summed E-state index contributed by atoms with van der Waals surface area (Å²) in [7, 11) is 1.65. The first-order valence-electron chi connectivity index (χ1n) is 8.52. The molecule has 1 heterocycles. The lowest BCUT2D eigenvalue weighted by Gasteiger charge is -2.36. The van der Waals surface area contributed by atoms with Crippen molar-refractivity contribution >= 4 is 39.1 Å². The highest BCUT2D eigenvalue weighted by Crippen LogP contribution is 2.41.